The van der Waals surface area contributed by atoms with Crippen LogP contribution >= 0.6 is 34.8 Å². The highest BCUT2D eigenvalue weighted by Crippen LogP contribution is 2.28. The number of nitrogens with zero attached hydrogens (tertiary/aromatic N) is 1. The summed E-state index contributed by atoms with van der Waals surface area (Å²) in [7, 11) is 1.55. The van der Waals surface area contributed by atoms with Crippen LogP contribution in [0.4, 0.5) is 0 Å². The van der Waals surface area contributed by atoms with Gasteiger partial charge in [-0.1, -0.05) is 46.9 Å². The number of ether oxygens (including phenoxy) is 2. The molecule has 0 spiro atoms. The van der Waals surface area contributed by atoms with E-state index in [-0.39, 0.29) is 0 Å². The highest BCUT2D eigenvalue weighted by Gasteiger charge is 2.08. The lowest BCUT2D eigenvalue weighted by molar-refractivity contribution is 0.0955. The Labute approximate surface area is 189 Å². The molecule has 5 nitrogen and oxygen atoms in total. The normalized spacial score (nSPS) is 10.8. The molecule has 0 heterocycles. The molecule has 154 valence electrons. The van der Waals surface area contributed by atoms with Gasteiger partial charge in [-0.2, -0.15) is 5.10 Å². The maximum absolute atomic E-state index is 12.1. The van der Waals surface area contributed by atoms with Crippen LogP contribution in [0.15, 0.2) is 65.8 Å². The van der Waals surface area contributed by atoms with Gasteiger partial charge >= 0.3 is 0 Å². The van der Waals surface area contributed by atoms with Gasteiger partial charge in [0.05, 0.1) is 23.4 Å². The summed E-state index contributed by atoms with van der Waals surface area (Å²) in [6, 6.07) is 17.3. The summed E-state index contributed by atoms with van der Waals surface area (Å²) >= 11 is 17.7. The van der Waals surface area contributed by atoms with E-state index in [1.807, 2.05) is 24.3 Å². The fourth-order valence-electron chi connectivity index (χ4n) is 2.49. The molecular weight excluding hydrogens is 447 g/mol. The third-order valence-electron chi connectivity index (χ3n) is 4.06. The summed E-state index contributed by atoms with van der Waals surface area (Å²) in [5, 5.41) is 5.32. The third-order valence-corrected chi connectivity index (χ3v) is 5.05. The zero-order valence-corrected chi connectivity index (χ0v) is 18.1. The van der Waals surface area contributed by atoms with E-state index in [0.717, 1.165) is 11.1 Å². The Morgan fingerprint density at radius 1 is 0.967 bits per heavy atom. The van der Waals surface area contributed by atoms with Crippen molar-refractivity contribution in [3.63, 3.8) is 0 Å². The predicted molar refractivity (Wildman–Crippen MR) is 120 cm³/mol. The molecule has 0 aliphatic heterocycles. The maximum Gasteiger partial charge on any atom is 0.271 e. The Morgan fingerprint density at radius 2 is 1.73 bits per heavy atom. The van der Waals surface area contributed by atoms with E-state index in [1.54, 1.807) is 37.4 Å². The average Bonchev–Trinajstić information content (AvgIpc) is 2.75. The first-order valence-electron chi connectivity index (χ1n) is 8.80. The highest BCUT2D eigenvalue weighted by molar-refractivity contribution is 6.42. The molecule has 1 N–H and O–H groups in total. The number of hydrazone groups is 1. The SMILES string of the molecule is COc1cc(/C=N/NC(=O)c2ccc(Cl)c(Cl)c2)ccc1OCc1ccc(Cl)cc1. The van der Waals surface area contributed by atoms with Crippen molar-refractivity contribution in [3.8, 4) is 11.5 Å². The number of benzene rings is 3. The Balaban J connectivity index is 1.62. The fourth-order valence-corrected chi connectivity index (χ4v) is 2.92. The number of amides is 1. The van der Waals surface area contributed by atoms with Crippen molar-refractivity contribution in [1.82, 2.24) is 5.43 Å². The quantitative estimate of drug-likeness (QED) is 0.345. The van der Waals surface area contributed by atoms with Crippen molar-refractivity contribution < 1.29 is 14.3 Å². The average molecular weight is 464 g/mol. The minimum atomic E-state index is -0.403. The number of nitrogens with one attached hydrogen (secondary N) is 1. The van der Waals surface area contributed by atoms with Gasteiger partial charge in [-0.3, -0.25) is 4.79 Å². The van der Waals surface area contributed by atoms with E-state index >= 15 is 0 Å². The highest BCUT2D eigenvalue weighted by atomic mass is 35.5. The van der Waals surface area contributed by atoms with Crippen LogP contribution in [0, 0.1) is 0 Å². The van der Waals surface area contributed by atoms with E-state index in [9.17, 15) is 4.79 Å². The molecule has 0 aliphatic rings. The number of hydrogen-bond acceptors (Lipinski definition) is 4. The predicted octanol–water partition coefficient (Wildman–Crippen LogP) is 6.00. The fraction of sp³-hybridized carbons (Fsp3) is 0.0909. The van der Waals surface area contributed by atoms with Gasteiger partial charge < -0.3 is 9.47 Å². The first-order chi connectivity index (χ1) is 14.5. The second-order valence-corrected chi connectivity index (χ2v) is 7.40. The van der Waals surface area contributed by atoms with Crippen molar-refractivity contribution in [2.75, 3.05) is 7.11 Å². The number of rotatable bonds is 7. The number of methoxy groups -OCH3 is 1. The molecule has 0 fully saturated rings. The van der Waals surface area contributed by atoms with Gasteiger partial charge in [0.1, 0.15) is 6.61 Å². The molecule has 3 aromatic carbocycles. The van der Waals surface area contributed by atoms with E-state index in [2.05, 4.69) is 10.5 Å². The Bertz CT molecular complexity index is 1070. The van der Waals surface area contributed by atoms with Crippen molar-refractivity contribution in [2.45, 2.75) is 6.61 Å². The van der Waals surface area contributed by atoms with E-state index in [4.69, 9.17) is 44.3 Å². The van der Waals surface area contributed by atoms with E-state index in [1.165, 1.54) is 12.3 Å². The molecule has 30 heavy (non-hydrogen) atoms. The molecule has 8 heteroatoms. The largest absolute Gasteiger partial charge is 0.493 e. The molecule has 0 saturated heterocycles. The molecule has 0 unspecified atom stereocenters. The van der Waals surface area contributed by atoms with Gasteiger partial charge in [0.15, 0.2) is 11.5 Å². The van der Waals surface area contributed by atoms with Crippen LogP contribution < -0.4 is 14.9 Å². The number of hydrogen-bond donors (Lipinski definition) is 1. The Kier molecular flexibility index (Phi) is 7.57. The van der Waals surface area contributed by atoms with Crippen LogP contribution in [0.1, 0.15) is 21.5 Å². The monoisotopic (exact) mass is 462 g/mol. The molecule has 0 bridgehead atoms. The van der Waals surface area contributed by atoms with Crippen molar-refractivity contribution in [3.05, 3.63) is 92.4 Å². The molecule has 0 atom stereocenters. The number of halogens is 3. The third kappa shape index (κ3) is 5.89. The molecule has 3 aromatic rings. The van der Waals surface area contributed by atoms with Gasteiger partial charge in [-0.05, 0) is 59.7 Å². The standard InChI is InChI=1S/C22H17Cl3N2O3/c1-29-21-10-15(4-9-20(21)30-13-14-2-6-17(23)7-3-14)12-26-27-22(28)16-5-8-18(24)19(25)11-16/h2-12H,13H2,1H3,(H,27,28)/b26-12+. The molecule has 0 radical (unpaired) electrons. The van der Waals surface area contributed by atoms with Crippen LogP contribution in [0.25, 0.3) is 0 Å². The summed E-state index contributed by atoms with van der Waals surface area (Å²) in [4.78, 5) is 12.1. The van der Waals surface area contributed by atoms with Gasteiger partial charge in [0.2, 0.25) is 0 Å². The van der Waals surface area contributed by atoms with Crippen LogP contribution in [0.3, 0.4) is 0 Å². The van der Waals surface area contributed by atoms with Gasteiger partial charge in [0, 0.05) is 10.6 Å². The second-order valence-electron chi connectivity index (χ2n) is 6.15. The summed E-state index contributed by atoms with van der Waals surface area (Å²) in [6.45, 7) is 0.376. The van der Waals surface area contributed by atoms with Gasteiger partial charge in [0.25, 0.3) is 5.91 Å². The Morgan fingerprint density at radius 3 is 2.43 bits per heavy atom. The zero-order valence-electron chi connectivity index (χ0n) is 15.9. The summed E-state index contributed by atoms with van der Waals surface area (Å²) in [6.07, 6.45) is 1.50. The number of carbonyl (C=O) groups is 1. The lowest BCUT2D eigenvalue weighted by Gasteiger charge is -2.11. The van der Waals surface area contributed by atoms with Crippen LogP contribution in [0.5, 0.6) is 11.5 Å². The number of carbonyl (C=O) groups excluding carboxylic acids is 1. The summed E-state index contributed by atoms with van der Waals surface area (Å²) in [5.74, 6) is 0.730. The smallest absolute Gasteiger partial charge is 0.271 e. The van der Waals surface area contributed by atoms with Gasteiger partial charge in [-0.15, -0.1) is 0 Å². The molecule has 0 aromatic heterocycles. The molecular formula is C22H17Cl3N2O3. The van der Waals surface area contributed by atoms with E-state index < -0.39 is 5.91 Å². The Hall–Kier alpha value is -2.73. The zero-order chi connectivity index (χ0) is 21.5. The van der Waals surface area contributed by atoms with Crippen LogP contribution in [0.2, 0.25) is 15.1 Å². The van der Waals surface area contributed by atoms with Crippen molar-refractivity contribution >= 4 is 46.9 Å². The minimum absolute atomic E-state index is 0.298. The van der Waals surface area contributed by atoms with Gasteiger partial charge in [-0.25, -0.2) is 5.43 Å². The summed E-state index contributed by atoms with van der Waals surface area (Å²) < 4.78 is 11.2. The molecule has 0 saturated carbocycles. The molecule has 3 rings (SSSR count). The molecule has 0 aliphatic carbocycles. The topological polar surface area (TPSA) is 59.9 Å². The lowest BCUT2D eigenvalue weighted by atomic mass is 10.2. The summed E-state index contributed by atoms with van der Waals surface area (Å²) in [5.41, 5.74) is 4.50. The first-order valence-corrected chi connectivity index (χ1v) is 9.93. The molecule has 1 amide bonds. The maximum atomic E-state index is 12.1. The minimum Gasteiger partial charge on any atom is -0.493 e. The van der Waals surface area contributed by atoms with Crippen LogP contribution in [-0.2, 0) is 6.61 Å². The first kappa shape index (κ1) is 22.0. The van der Waals surface area contributed by atoms with E-state index in [0.29, 0.717) is 38.7 Å². The van der Waals surface area contributed by atoms with Crippen molar-refractivity contribution in [2.24, 2.45) is 5.10 Å². The van der Waals surface area contributed by atoms with Crippen molar-refractivity contribution in [1.29, 1.82) is 0 Å². The lowest BCUT2D eigenvalue weighted by Crippen LogP contribution is -2.17. The van der Waals surface area contributed by atoms with Crippen LogP contribution in [-0.4, -0.2) is 19.2 Å². The second kappa shape index (κ2) is 10.3.